The number of benzene rings is 1. The Bertz CT molecular complexity index is 622. The van der Waals surface area contributed by atoms with Gasteiger partial charge in [0, 0.05) is 14.1 Å². The van der Waals surface area contributed by atoms with Crippen LogP contribution in [0, 0.1) is 11.6 Å². The molecule has 0 aliphatic rings. The Morgan fingerprint density at radius 1 is 1.20 bits per heavy atom. The number of nitrogens with zero attached hydrogens (tertiary/aromatic N) is 4. The molecule has 0 bridgehead atoms. The van der Waals surface area contributed by atoms with E-state index in [1.165, 1.54) is 12.1 Å². The van der Waals surface area contributed by atoms with Crippen LogP contribution in [0.15, 0.2) is 18.2 Å². The van der Waals surface area contributed by atoms with Gasteiger partial charge in [0.05, 0.1) is 0 Å². The van der Waals surface area contributed by atoms with Crippen LogP contribution in [0.1, 0.15) is 0 Å². The molecule has 0 aliphatic carbocycles. The Labute approximate surface area is 113 Å². The van der Waals surface area contributed by atoms with Crippen LogP contribution in [0.2, 0.25) is 0 Å². The SMILES string of the molecule is CN(C)c1nc(NN)nc(Oc2cccc(F)c2F)n1. The average molecular weight is 282 g/mol. The minimum Gasteiger partial charge on any atom is -0.421 e. The lowest BCUT2D eigenvalue weighted by molar-refractivity contribution is 0.392. The maximum atomic E-state index is 13.5. The van der Waals surface area contributed by atoms with E-state index in [2.05, 4.69) is 20.4 Å². The fraction of sp³-hybridized carbons (Fsp3) is 0.182. The fourth-order valence-corrected chi connectivity index (χ4v) is 1.32. The highest BCUT2D eigenvalue weighted by Gasteiger charge is 2.14. The van der Waals surface area contributed by atoms with E-state index in [0.29, 0.717) is 0 Å². The predicted molar refractivity (Wildman–Crippen MR) is 68.4 cm³/mol. The van der Waals surface area contributed by atoms with Crippen molar-refractivity contribution >= 4 is 11.9 Å². The van der Waals surface area contributed by atoms with Crippen molar-refractivity contribution in [2.75, 3.05) is 24.4 Å². The molecule has 1 heterocycles. The zero-order chi connectivity index (χ0) is 14.7. The lowest BCUT2D eigenvalue weighted by Crippen LogP contribution is -2.17. The van der Waals surface area contributed by atoms with Gasteiger partial charge in [-0.1, -0.05) is 6.07 Å². The van der Waals surface area contributed by atoms with E-state index in [9.17, 15) is 8.78 Å². The van der Waals surface area contributed by atoms with Gasteiger partial charge in [-0.2, -0.15) is 19.3 Å². The van der Waals surface area contributed by atoms with Gasteiger partial charge >= 0.3 is 6.01 Å². The Kier molecular flexibility index (Phi) is 3.89. The zero-order valence-corrected chi connectivity index (χ0v) is 10.8. The summed E-state index contributed by atoms with van der Waals surface area (Å²) in [6.07, 6.45) is 0. The molecule has 0 amide bonds. The minimum atomic E-state index is -1.12. The van der Waals surface area contributed by atoms with Crippen LogP contribution < -0.4 is 20.9 Å². The summed E-state index contributed by atoms with van der Waals surface area (Å²) in [5.74, 6) is 3.03. The number of hydrogen-bond acceptors (Lipinski definition) is 7. The molecule has 7 nitrogen and oxygen atoms in total. The third kappa shape index (κ3) is 2.88. The number of ether oxygens (including phenoxy) is 1. The molecular formula is C11H12F2N6O. The third-order valence-corrected chi connectivity index (χ3v) is 2.25. The van der Waals surface area contributed by atoms with Crippen molar-refractivity contribution in [1.29, 1.82) is 0 Å². The molecule has 0 fully saturated rings. The van der Waals surface area contributed by atoms with Crippen LogP contribution >= 0.6 is 0 Å². The highest BCUT2D eigenvalue weighted by atomic mass is 19.2. The second-order valence-corrected chi connectivity index (χ2v) is 3.93. The zero-order valence-electron chi connectivity index (χ0n) is 10.8. The predicted octanol–water partition coefficient (Wildman–Crippen LogP) is 1.29. The van der Waals surface area contributed by atoms with Crippen LogP contribution in [0.3, 0.4) is 0 Å². The molecule has 0 saturated heterocycles. The number of hydrazine groups is 1. The van der Waals surface area contributed by atoms with Crippen molar-refractivity contribution in [2.24, 2.45) is 5.84 Å². The van der Waals surface area contributed by atoms with Crippen LogP contribution in [0.5, 0.6) is 11.8 Å². The lowest BCUT2D eigenvalue weighted by atomic mass is 10.3. The van der Waals surface area contributed by atoms with E-state index in [1.807, 2.05) is 0 Å². The fourth-order valence-electron chi connectivity index (χ4n) is 1.32. The summed E-state index contributed by atoms with van der Waals surface area (Å²) in [4.78, 5) is 13.3. The van der Waals surface area contributed by atoms with Crippen molar-refractivity contribution in [1.82, 2.24) is 15.0 Å². The quantitative estimate of drug-likeness (QED) is 0.645. The van der Waals surface area contributed by atoms with E-state index < -0.39 is 11.6 Å². The van der Waals surface area contributed by atoms with Crippen molar-refractivity contribution in [3.8, 4) is 11.8 Å². The first-order valence-corrected chi connectivity index (χ1v) is 5.53. The van der Waals surface area contributed by atoms with Gasteiger partial charge in [0.1, 0.15) is 0 Å². The van der Waals surface area contributed by atoms with Crippen molar-refractivity contribution in [2.45, 2.75) is 0 Å². The van der Waals surface area contributed by atoms with Gasteiger partial charge in [-0.15, -0.1) is 0 Å². The molecule has 2 rings (SSSR count). The molecular weight excluding hydrogens is 270 g/mol. The molecule has 9 heteroatoms. The largest absolute Gasteiger partial charge is 0.421 e. The molecule has 0 unspecified atom stereocenters. The van der Waals surface area contributed by atoms with Gasteiger partial charge in [-0.3, -0.25) is 5.43 Å². The van der Waals surface area contributed by atoms with E-state index in [1.54, 1.807) is 19.0 Å². The average Bonchev–Trinajstić information content (AvgIpc) is 2.43. The van der Waals surface area contributed by atoms with E-state index in [4.69, 9.17) is 10.6 Å². The van der Waals surface area contributed by atoms with Crippen LogP contribution in [-0.2, 0) is 0 Å². The normalized spacial score (nSPS) is 10.2. The Morgan fingerprint density at radius 3 is 2.60 bits per heavy atom. The smallest absolute Gasteiger partial charge is 0.328 e. The van der Waals surface area contributed by atoms with Crippen molar-refractivity contribution in [3.05, 3.63) is 29.8 Å². The Hall–Kier alpha value is -2.55. The maximum Gasteiger partial charge on any atom is 0.328 e. The molecule has 20 heavy (non-hydrogen) atoms. The number of nitrogen functional groups attached to an aromatic ring is 1. The summed E-state index contributed by atoms with van der Waals surface area (Å²) < 4.78 is 31.7. The van der Waals surface area contributed by atoms with Crippen molar-refractivity contribution in [3.63, 3.8) is 0 Å². The molecule has 1 aromatic carbocycles. The first kappa shape index (κ1) is 13.9. The molecule has 0 radical (unpaired) electrons. The van der Waals surface area contributed by atoms with Gasteiger partial charge < -0.3 is 9.64 Å². The van der Waals surface area contributed by atoms with Gasteiger partial charge in [0.15, 0.2) is 11.6 Å². The molecule has 0 saturated carbocycles. The Balaban J connectivity index is 2.37. The number of nitrogens with one attached hydrogen (secondary N) is 1. The molecule has 2 aromatic rings. The Morgan fingerprint density at radius 2 is 1.95 bits per heavy atom. The lowest BCUT2D eigenvalue weighted by Gasteiger charge is -2.12. The number of hydrogen-bond donors (Lipinski definition) is 2. The maximum absolute atomic E-state index is 13.5. The molecule has 0 aliphatic heterocycles. The summed E-state index contributed by atoms with van der Waals surface area (Å²) in [5.41, 5.74) is 2.24. The van der Waals surface area contributed by atoms with Gasteiger partial charge in [-0.05, 0) is 12.1 Å². The summed E-state index contributed by atoms with van der Waals surface area (Å²) in [6, 6.07) is 3.34. The number of nitrogens with two attached hydrogens (primary N) is 1. The molecule has 1 aromatic heterocycles. The second-order valence-electron chi connectivity index (χ2n) is 3.93. The van der Waals surface area contributed by atoms with Crippen LogP contribution in [0.25, 0.3) is 0 Å². The van der Waals surface area contributed by atoms with Gasteiger partial charge in [0.25, 0.3) is 0 Å². The molecule has 0 atom stereocenters. The van der Waals surface area contributed by atoms with E-state index in [0.717, 1.165) is 6.07 Å². The highest BCUT2D eigenvalue weighted by Crippen LogP contribution is 2.24. The number of halogens is 2. The summed E-state index contributed by atoms with van der Waals surface area (Å²) in [5, 5.41) is 0. The first-order valence-electron chi connectivity index (χ1n) is 5.53. The topological polar surface area (TPSA) is 89.2 Å². The summed E-state index contributed by atoms with van der Waals surface area (Å²) in [6.45, 7) is 0. The number of rotatable bonds is 4. The molecule has 3 N–H and O–H groups in total. The van der Waals surface area contributed by atoms with Crippen molar-refractivity contribution < 1.29 is 13.5 Å². The molecule has 106 valence electrons. The van der Waals surface area contributed by atoms with Gasteiger partial charge in [-0.25, -0.2) is 10.2 Å². The highest BCUT2D eigenvalue weighted by molar-refractivity contribution is 5.37. The van der Waals surface area contributed by atoms with Crippen LogP contribution in [-0.4, -0.2) is 29.0 Å². The second kappa shape index (κ2) is 5.61. The van der Waals surface area contributed by atoms with E-state index >= 15 is 0 Å². The number of anilines is 2. The van der Waals surface area contributed by atoms with Gasteiger partial charge in [0.2, 0.25) is 17.7 Å². The minimum absolute atomic E-state index is 0.0375. The summed E-state index contributed by atoms with van der Waals surface area (Å²) >= 11 is 0. The third-order valence-electron chi connectivity index (χ3n) is 2.25. The first-order chi connectivity index (χ1) is 9.51. The standard InChI is InChI=1S/C11H12F2N6O/c1-19(2)10-15-9(18-14)16-11(17-10)20-7-5-3-4-6(12)8(7)13/h3-5H,14H2,1-2H3,(H,15,16,17,18). The molecule has 0 spiro atoms. The van der Waals surface area contributed by atoms with E-state index in [-0.39, 0.29) is 23.7 Å². The monoisotopic (exact) mass is 282 g/mol. The summed E-state index contributed by atoms with van der Waals surface area (Å²) in [7, 11) is 3.39. The van der Waals surface area contributed by atoms with Crippen LogP contribution in [0.4, 0.5) is 20.7 Å². The number of aromatic nitrogens is 3.